The van der Waals surface area contributed by atoms with E-state index in [1.54, 1.807) is 19.1 Å². The molecule has 25 heavy (non-hydrogen) atoms. The Morgan fingerprint density at radius 2 is 1.76 bits per heavy atom. The van der Waals surface area contributed by atoms with Crippen molar-refractivity contribution in [3.63, 3.8) is 0 Å². The Hall–Kier alpha value is -2.19. The second-order valence-electron chi connectivity index (χ2n) is 5.72. The number of sulfonamides is 1. The first-order valence-electron chi connectivity index (χ1n) is 8.23. The van der Waals surface area contributed by atoms with E-state index in [0.29, 0.717) is 24.5 Å². The molecule has 0 atom stereocenters. The molecule has 0 spiro atoms. The van der Waals surface area contributed by atoms with Gasteiger partial charge in [-0.15, -0.1) is 0 Å². The molecule has 0 unspecified atom stereocenters. The number of amides is 1. The van der Waals surface area contributed by atoms with Gasteiger partial charge in [-0.25, -0.2) is 8.42 Å². The maximum atomic E-state index is 12.7. The van der Waals surface area contributed by atoms with Crippen LogP contribution < -0.4 is 5.32 Å². The molecular weight excluding hydrogens is 342 g/mol. The monoisotopic (exact) mass is 365 g/mol. The second kappa shape index (κ2) is 8.26. The number of nitrogens with zero attached hydrogens (tertiary/aromatic N) is 2. The Labute approximate surface area is 148 Å². The van der Waals surface area contributed by atoms with Crippen LogP contribution in [0, 0.1) is 6.92 Å². The first-order valence-corrected chi connectivity index (χ1v) is 9.67. The molecule has 0 aliphatic rings. The van der Waals surface area contributed by atoms with Crippen LogP contribution in [0.5, 0.6) is 0 Å². The van der Waals surface area contributed by atoms with Crippen LogP contribution in [0.2, 0.25) is 0 Å². The molecule has 0 radical (unpaired) electrons. The molecular formula is C17H23N3O4S. The molecule has 0 aliphatic carbocycles. The van der Waals surface area contributed by atoms with Gasteiger partial charge in [0.15, 0.2) is 0 Å². The molecule has 1 heterocycles. The van der Waals surface area contributed by atoms with E-state index in [1.807, 2.05) is 13.8 Å². The first kappa shape index (κ1) is 19.1. The molecule has 0 saturated carbocycles. The van der Waals surface area contributed by atoms with E-state index >= 15 is 0 Å². The molecule has 0 fully saturated rings. The third-order valence-corrected chi connectivity index (χ3v) is 5.46. The molecule has 0 aliphatic heterocycles. The maximum Gasteiger partial charge on any atom is 0.294 e. The molecule has 2 aromatic rings. The molecule has 8 heteroatoms. The highest BCUT2D eigenvalue weighted by Gasteiger charge is 2.23. The van der Waals surface area contributed by atoms with E-state index in [4.69, 9.17) is 4.52 Å². The van der Waals surface area contributed by atoms with E-state index in [-0.39, 0.29) is 10.7 Å². The van der Waals surface area contributed by atoms with Crippen molar-refractivity contribution < 1.29 is 17.7 Å². The van der Waals surface area contributed by atoms with Crippen molar-refractivity contribution >= 4 is 21.6 Å². The van der Waals surface area contributed by atoms with Crippen molar-refractivity contribution in [2.24, 2.45) is 0 Å². The minimum absolute atomic E-state index is 0.103. The highest BCUT2D eigenvalue weighted by molar-refractivity contribution is 7.89. The maximum absolute atomic E-state index is 12.7. The quantitative estimate of drug-likeness (QED) is 0.776. The number of aryl methyl sites for hydroxylation is 1. The van der Waals surface area contributed by atoms with Gasteiger partial charge in [-0.1, -0.05) is 19.0 Å². The van der Waals surface area contributed by atoms with Crippen molar-refractivity contribution in [1.82, 2.24) is 9.46 Å². The Morgan fingerprint density at radius 3 is 2.24 bits per heavy atom. The van der Waals surface area contributed by atoms with Crippen molar-refractivity contribution in [3.8, 4) is 0 Å². The van der Waals surface area contributed by atoms with Crippen molar-refractivity contribution in [3.05, 3.63) is 41.8 Å². The topological polar surface area (TPSA) is 92.5 Å². The molecule has 7 nitrogen and oxygen atoms in total. The fourth-order valence-corrected chi connectivity index (χ4v) is 4.00. The van der Waals surface area contributed by atoms with Crippen LogP contribution in [0.15, 0.2) is 39.8 Å². The normalized spacial score (nSPS) is 11.7. The Kier molecular flexibility index (Phi) is 6.33. The Balaban J connectivity index is 2.14. The van der Waals surface area contributed by atoms with Crippen molar-refractivity contribution in [2.45, 2.75) is 38.5 Å². The van der Waals surface area contributed by atoms with Gasteiger partial charge in [-0.3, -0.25) is 4.79 Å². The standard InChI is InChI=1S/C17H23N3O4S/c1-4-10-20(11-5-2)25(22,23)15-8-6-14(7-9-15)18-17(21)16-12-13(3)19-24-16/h6-9,12H,4-5,10-11H2,1-3H3,(H,18,21). The Bertz CT molecular complexity index is 807. The first-order chi connectivity index (χ1) is 11.9. The van der Waals surface area contributed by atoms with Gasteiger partial charge in [0.25, 0.3) is 5.91 Å². The third kappa shape index (κ3) is 4.67. The molecule has 1 amide bonds. The van der Waals surface area contributed by atoms with Crippen molar-refractivity contribution in [2.75, 3.05) is 18.4 Å². The van der Waals surface area contributed by atoms with Crippen molar-refractivity contribution in [1.29, 1.82) is 0 Å². The SMILES string of the molecule is CCCN(CCC)S(=O)(=O)c1ccc(NC(=O)c2cc(C)no2)cc1. The molecule has 1 aromatic carbocycles. The summed E-state index contributed by atoms with van der Waals surface area (Å²) in [4.78, 5) is 12.2. The molecule has 136 valence electrons. The molecule has 1 N–H and O–H groups in total. The number of hydrogen-bond donors (Lipinski definition) is 1. The smallest absolute Gasteiger partial charge is 0.294 e. The third-order valence-electron chi connectivity index (χ3n) is 3.55. The molecule has 0 bridgehead atoms. The minimum Gasteiger partial charge on any atom is -0.351 e. The predicted octanol–water partition coefficient (Wildman–Crippen LogP) is 3.05. The van der Waals surface area contributed by atoms with Gasteiger partial charge in [0.2, 0.25) is 15.8 Å². The second-order valence-corrected chi connectivity index (χ2v) is 7.65. The van der Waals surface area contributed by atoms with Gasteiger partial charge in [0.1, 0.15) is 0 Å². The number of nitrogens with one attached hydrogen (secondary N) is 1. The summed E-state index contributed by atoms with van der Waals surface area (Å²) in [7, 11) is -3.53. The zero-order valence-corrected chi connectivity index (χ0v) is 15.5. The molecule has 0 saturated heterocycles. The van der Waals surface area contributed by atoms with E-state index in [1.165, 1.54) is 22.5 Å². The van der Waals surface area contributed by atoms with Gasteiger partial charge in [0.05, 0.1) is 10.6 Å². The number of benzene rings is 1. The van der Waals surface area contributed by atoms with Crippen LogP contribution in [-0.4, -0.2) is 36.9 Å². The van der Waals surface area contributed by atoms with Crippen LogP contribution in [0.1, 0.15) is 42.9 Å². The van der Waals surface area contributed by atoms with E-state index in [2.05, 4.69) is 10.5 Å². The summed E-state index contributed by atoms with van der Waals surface area (Å²) in [6.45, 7) is 6.58. The minimum atomic E-state index is -3.53. The van der Waals surface area contributed by atoms with Crippen LogP contribution in [0.25, 0.3) is 0 Å². The fourth-order valence-electron chi connectivity index (χ4n) is 2.37. The fraction of sp³-hybridized carbons (Fsp3) is 0.412. The zero-order valence-electron chi connectivity index (χ0n) is 14.7. The summed E-state index contributed by atoms with van der Waals surface area (Å²) < 4.78 is 31.8. The lowest BCUT2D eigenvalue weighted by atomic mass is 10.3. The highest BCUT2D eigenvalue weighted by atomic mass is 32.2. The summed E-state index contributed by atoms with van der Waals surface area (Å²) in [5, 5.41) is 6.31. The lowest BCUT2D eigenvalue weighted by molar-refractivity contribution is 0.0988. The van der Waals surface area contributed by atoms with E-state index in [0.717, 1.165) is 12.8 Å². The molecule has 1 aromatic heterocycles. The van der Waals surface area contributed by atoms with Gasteiger partial charge in [-0.05, 0) is 44.0 Å². The summed E-state index contributed by atoms with van der Waals surface area (Å²) in [5.41, 5.74) is 1.09. The number of rotatable bonds is 8. The van der Waals surface area contributed by atoms with Crippen LogP contribution in [-0.2, 0) is 10.0 Å². The van der Waals surface area contributed by atoms with Gasteiger partial charge >= 0.3 is 0 Å². The average Bonchev–Trinajstić information content (AvgIpc) is 3.02. The summed E-state index contributed by atoms with van der Waals surface area (Å²) in [6.07, 6.45) is 1.51. The Morgan fingerprint density at radius 1 is 1.16 bits per heavy atom. The zero-order chi connectivity index (χ0) is 18.4. The van der Waals surface area contributed by atoms with Crippen LogP contribution >= 0.6 is 0 Å². The largest absolute Gasteiger partial charge is 0.351 e. The summed E-state index contributed by atoms with van der Waals surface area (Å²) in [5.74, 6) is -0.332. The lowest BCUT2D eigenvalue weighted by Gasteiger charge is -2.21. The van der Waals surface area contributed by atoms with Crippen LogP contribution in [0.3, 0.4) is 0 Å². The van der Waals surface area contributed by atoms with Crippen LogP contribution in [0.4, 0.5) is 5.69 Å². The van der Waals surface area contributed by atoms with Gasteiger partial charge in [0, 0.05) is 24.8 Å². The summed E-state index contributed by atoms with van der Waals surface area (Å²) >= 11 is 0. The van der Waals surface area contributed by atoms with Gasteiger partial charge < -0.3 is 9.84 Å². The summed E-state index contributed by atoms with van der Waals surface area (Å²) in [6, 6.07) is 7.64. The molecule has 2 rings (SSSR count). The lowest BCUT2D eigenvalue weighted by Crippen LogP contribution is -2.32. The van der Waals surface area contributed by atoms with E-state index < -0.39 is 15.9 Å². The highest BCUT2D eigenvalue weighted by Crippen LogP contribution is 2.19. The number of anilines is 1. The number of hydrogen-bond acceptors (Lipinski definition) is 5. The number of carbonyl (C=O) groups is 1. The number of carbonyl (C=O) groups excluding carboxylic acids is 1. The average molecular weight is 365 g/mol. The number of aromatic nitrogens is 1. The predicted molar refractivity (Wildman–Crippen MR) is 95.0 cm³/mol. The van der Waals surface area contributed by atoms with E-state index in [9.17, 15) is 13.2 Å². The van der Waals surface area contributed by atoms with Gasteiger partial charge in [-0.2, -0.15) is 4.31 Å².